The Balaban J connectivity index is 1.32. The first-order valence-corrected chi connectivity index (χ1v) is 11.1. The summed E-state index contributed by atoms with van der Waals surface area (Å²) < 4.78 is 5.82. The molecule has 2 heterocycles. The lowest BCUT2D eigenvalue weighted by molar-refractivity contribution is -0.0704. The maximum absolute atomic E-state index is 13.0. The van der Waals surface area contributed by atoms with Crippen LogP contribution in [0.5, 0.6) is 0 Å². The zero-order valence-corrected chi connectivity index (χ0v) is 18.4. The molecule has 2 aliphatic rings. The second kappa shape index (κ2) is 9.19. The topological polar surface area (TPSA) is 36.0 Å². The number of carbonyl (C=O) groups is 1. The van der Waals surface area contributed by atoms with Gasteiger partial charge in [0.25, 0.3) is 5.91 Å². The average Bonchev–Trinajstić information content (AvgIpc) is 2.73. The Morgan fingerprint density at radius 1 is 0.967 bits per heavy atom. The van der Waals surface area contributed by atoms with Gasteiger partial charge in [0.2, 0.25) is 0 Å². The van der Waals surface area contributed by atoms with Gasteiger partial charge < -0.3 is 14.5 Å². The SMILES string of the molecule is Cc1cccc(N2CCN(C(=O)c3ccc(CN4C[C@H](C)O[C@@H](C)C4)cc3)CC2)c1. The minimum Gasteiger partial charge on any atom is -0.373 e. The second-order valence-electron chi connectivity index (χ2n) is 8.77. The van der Waals surface area contributed by atoms with Crippen molar-refractivity contribution in [2.45, 2.75) is 39.5 Å². The smallest absolute Gasteiger partial charge is 0.253 e. The van der Waals surface area contributed by atoms with Crippen molar-refractivity contribution < 1.29 is 9.53 Å². The number of amides is 1. The number of anilines is 1. The second-order valence-corrected chi connectivity index (χ2v) is 8.77. The molecule has 2 aliphatic heterocycles. The lowest BCUT2D eigenvalue weighted by Crippen LogP contribution is -2.48. The van der Waals surface area contributed by atoms with Gasteiger partial charge in [-0.25, -0.2) is 0 Å². The highest BCUT2D eigenvalue weighted by Gasteiger charge is 2.24. The van der Waals surface area contributed by atoms with Crippen molar-refractivity contribution in [3.05, 3.63) is 65.2 Å². The molecule has 0 spiro atoms. The van der Waals surface area contributed by atoms with Gasteiger partial charge in [-0.15, -0.1) is 0 Å². The molecule has 30 heavy (non-hydrogen) atoms. The fourth-order valence-electron chi connectivity index (χ4n) is 4.60. The molecule has 2 atom stereocenters. The zero-order chi connectivity index (χ0) is 21.1. The number of hydrogen-bond acceptors (Lipinski definition) is 4. The van der Waals surface area contributed by atoms with E-state index in [4.69, 9.17) is 4.74 Å². The van der Waals surface area contributed by atoms with Crippen LogP contribution < -0.4 is 4.90 Å². The van der Waals surface area contributed by atoms with Crippen molar-refractivity contribution in [2.24, 2.45) is 0 Å². The van der Waals surface area contributed by atoms with E-state index >= 15 is 0 Å². The molecule has 2 fully saturated rings. The van der Waals surface area contributed by atoms with E-state index < -0.39 is 0 Å². The van der Waals surface area contributed by atoms with Crippen LogP contribution in [0.1, 0.15) is 35.3 Å². The van der Waals surface area contributed by atoms with Crippen molar-refractivity contribution in [3.8, 4) is 0 Å². The summed E-state index contributed by atoms with van der Waals surface area (Å²) in [7, 11) is 0. The van der Waals surface area contributed by atoms with E-state index in [-0.39, 0.29) is 18.1 Å². The van der Waals surface area contributed by atoms with Gasteiger partial charge >= 0.3 is 0 Å². The number of hydrogen-bond donors (Lipinski definition) is 0. The average molecular weight is 408 g/mol. The van der Waals surface area contributed by atoms with Gasteiger partial charge in [0.15, 0.2) is 0 Å². The van der Waals surface area contributed by atoms with Gasteiger partial charge in [0.05, 0.1) is 12.2 Å². The molecule has 0 unspecified atom stereocenters. The number of ether oxygens (including phenoxy) is 1. The predicted octanol–water partition coefficient (Wildman–Crippen LogP) is 3.57. The van der Waals surface area contributed by atoms with Crippen molar-refractivity contribution in [3.63, 3.8) is 0 Å². The zero-order valence-electron chi connectivity index (χ0n) is 18.4. The van der Waals surface area contributed by atoms with Gasteiger partial charge in [-0.2, -0.15) is 0 Å². The van der Waals surface area contributed by atoms with E-state index in [0.717, 1.165) is 51.4 Å². The van der Waals surface area contributed by atoms with Gasteiger partial charge in [-0.1, -0.05) is 24.3 Å². The minimum atomic E-state index is 0.138. The molecule has 160 valence electrons. The molecule has 2 saturated heterocycles. The highest BCUT2D eigenvalue weighted by molar-refractivity contribution is 5.94. The highest BCUT2D eigenvalue weighted by atomic mass is 16.5. The van der Waals surface area contributed by atoms with Gasteiger partial charge in [-0.3, -0.25) is 9.69 Å². The van der Waals surface area contributed by atoms with E-state index in [1.165, 1.54) is 16.8 Å². The molecule has 0 aliphatic carbocycles. The van der Waals surface area contributed by atoms with Gasteiger partial charge in [-0.05, 0) is 56.2 Å². The fourth-order valence-corrected chi connectivity index (χ4v) is 4.60. The summed E-state index contributed by atoms with van der Waals surface area (Å²) in [6, 6.07) is 16.7. The van der Waals surface area contributed by atoms with Crippen LogP contribution in [0, 0.1) is 6.92 Å². The number of aryl methyl sites for hydroxylation is 1. The van der Waals surface area contributed by atoms with Crippen LogP contribution in [0.25, 0.3) is 0 Å². The third-order valence-corrected chi connectivity index (χ3v) is 6.04. The summed E-state index contributed by atoms with van der Waals surface area (Å²) in [6.07, 6.45) is 0.543. The van der Waals surface area contributed by atoms with Gasteiger partial charge in [0.1, 0.15) is 0 Å². The quantitative estimate of drug-likeness (QED) is 0.776. The minimum absolute atomic E-state index is 0.138. The molecular weight excluding hydrogens is 374 g/mol. The Hall–Kier alpha value is -2.37. The van der Waals surface area contributed by atoms with Crippen LogP contribution >= 0.6 is 0 Å². The van der Waals surface area contributed by atoms with E-state index in [2.05, 4.69) is 67.0 Å². The summed E-state index contributed by atoms with van der Waals surface area (Å²) >= 11 is 0. The first-order valence-electron chi connectivity index (χ1n) is 11.1. The van der Waals surface area contributed by atoms with E-state index in [1.807, 2.05) is 17.0 Å². The largest absolute Gasteiger partial charge is 0.373 e. The maximum Gasteiger partial charge on any atom is 0.253 e. The fraction of sp³-hybridized carbons (Fsp3) is 0.480. The molecule has 1 amide bonds. The van der Waals surface area contributed by atoms with Crippen molar-refractivity contribution in [2.75, 3.05) is 44.2 Å². The molecule has 0 bridgehead atoms. The predicted molar refractivity (Wildman–Crippen MR) is 121 cm³/mol. The Morgan fingerprint density at radius 2 is 1.63 bits per heavy atom. The molecule has 0 aromatic heterocycles. The monoisotopic (exact) mass is 407 g/mol. The Kier molecular flexibility index (Phi) is 6.40. The summed E-state index contributed by atoms with van der Waals surface area (Å²) in [5.74, 6) is 0.138. The van der Waals surface area contributed by atoms with Crippen molar-refractivity contribution in [1.29, 1.82) is 0 Å². The third kappa shape index (κ3) is 5.02. The number of benzene rings is 2. The molecule has 5 nitrogen and oxygen atoms in total. The van der Waals surface area contributed by atoms with E-state index in [0.29, 0.717) is 0 Å². The number of morpholine rings is 1. The number of nitrogens with zero attached hydrogens (tertiary/aromatic N) is 3. The molecule has 5 heteroatoms. The number of carbonyl (C=O) groups excluding carboxylic acids is 1. The molecule has 2 aromatic rings. The van der Waals surface area contributed by atoms with E-state index in [1.54, 1.807) is 0 Å². The number of rotatable bonds is 4. The summed E-state index contributed by atoms with van der Waals surface area (Å²) in [5, 5.41) is 0. The van der Waals surface area contributed by atoms with Gasteiger partial charge in [0, 0.05) is 57.1 Å². The summed E-state index contributed by atoms with van der Waals surface area (Å²) in [6.45, 7) is 12.5. The summed E-state index contributed by atoms with van der Waals surface area (Å²) in [4.78, 5) is 19.7. The lowest BCUT2D eigenvalue weighted by Gasteiger charge is -2.36. The number of piperazine rings is 1. The first kappa shape index (κ1) is 20.9. The van der Waals surface area contributed by atoms with Crippen LogP contribution in [0.15, 0.2) is 48.5 Å². The molecule has 0 N–H and O–H groups in total. The molecular formula is C25H33N3O2. The van der Waals surface area contributed by atoms with Crippen molar-refractivity contribution in [1.82, 2.24) is 9.80 Å². The lowest BCUT2D eigenvalue weighted by atomic mass is 10.1. The van der Waals surface area contributed by atoms with Crippen LogP contribution in [-0.2, 0) is 11.3 Å². The normalized spacial score (nSPS) is 22.9. The first-order chi connectivity index (χ1) is 14.5. The van der Waals surface area contributed by atoms with Crippen molar-refractivity contribution >= 4 is 11.6 Å². The maximum atomic E-state index is 13.0. The molecule has 0 saturated carbocycles. The Morgan fingerprint density at radius 3 is 2.27 bits per heavy atom. The van der Waals surface area contributed by atoms with E-state index in [9.17, 15) is 4.79 Å². The molecule has 4 rings (SSSR count). The molecule has 0 radical (unpaired) electrons. The van der Waals surface area contributed by atoms with Crippen LogP contribution in [0.4, 0.5) is 5.69 Å². The highest BCUT2D eigenvalue weighted by Crippen LogP contribution is 2.19. The van der Waals surface area contributed by atoms with Crippen LogP contribution in [0.3, 0.4) is 0 Å². The summed E-state index contributed by atoms with van der Waals surface area (Å²) in [5.41, 5.74) is 4.55. The van der Waals surface area contributed by atoms with Crippen LogP contribution in [-0.4, -0.2) is 67.2 Å². The Bertz CT molecular complexity index is 849. The molecule has 2 aromatic carbocycles. The third-order valence-electron chi connectivity index (χ3n) is 6.04. The standard InChI is InChI=1S/C25H33N3O2/c1-19-5-4-6-24(15-19)27-11-13-28(14-12-27)25(29)23-9-7-22(8-10-23)18-26-16-20(2)30-21(3)17-26/h4-10,15,20-21H,11-14,16-18H2,1-3H3/t20-,21-/m0/s1. The Labute approximate surface area is 180 Å². The van der Waals surface area contributed by atoms with Crippen LogP contribution in [0.2, 0.25) is 0 Å².